The molecule has 0 spiro atoms. The second-order valence-corrected chi connectivity index (χ2v) is 5.67. The molecule has 2 aromatic rings. The zero-order valence-corrected chi connectivity index (χ0v) is 14.4. The average molecular weight is 341 g/mol. The van der Waals surface area contributed by atoms with E-state index in [2.05, 4.69) is 5.32 Å². The molecule has 0 aliphatic carbocycles. The van der Waals surface area contributed by atoms with Crippen LogP contribution in [0.2, 0.25) is 5.02 Å². The maximum atomic E-state index is 12.3. The third kappa shape index (κ3) is 3.95. The highest BCUT2D eigenvalue weighted by Gasteiger charge is 2.12. The molecule has 2 rings (SSSR count). The Balaban J connectivity index is 2.27. The number of anilines is 1. The molecule has 0 radical (unpaired) electrons. The van der Waals surface area contributed by atoms with Crippen molar-refractivity contribution in [1.29, 1.82) is 5.26 Å². The zero-order valence-electron chi connectivity index (χ0n) is 13.7. The number of halogens is 1. The van der Waals surface area contributed by atoms with Crippen LogP contribution in [0.4, 0.5) is 5.69 Å². The van der Waals surface area contributed by atoms with Crippen molar-refractivity contribution in [3.8, 4) is 11.8 Å². The van der Waals surface area contributed by atoms with Gasteiger partial charge in [0, 0.05) is 10.7 Å². The lowest BCUT2D eigenvalue weighted by atomic mass is 10.1. The number of nitrogens with one attached hydrogen (secondary N) is 1. The summed E-state index contributed by atoms with van der Waals surface area (Å²) in [5, 5.41) is 12.6. The quantitative estimate of drug-likeness (QED) is 0.658. The molecule has 0 saturated carbocycles. The van der Waals surface area contributed by atoms with Gasteiger partial charge in [0.1, 0.15) is 17.4 Å². The predicted octanol–water partition coefficient (Wildman–Crippen LogP) is 4.51. The third-order valence-electron chi connectivity index (χ3n) is 3.61. The summed E-state index contributed by atoms with van der Waals surface area (Å²) >= 11 is 6.04. The zero-order chi connectivity index (χ0) is 17.7. The van der Waals surface area contributed by atoms with E-state index in [1.807, 2.05) is 19.1 Å². The maximum absolute atomic E-state index is 12.3. The molecule has 0 aromatic heterocycles. The van der Waals surface area contributed by atoms with Crippen molar-refractivity contribution in [3.05, 3.63) is 63.7 Å². The monoisotopic (exact) mass is 340 g/mol. The Morgan fingerprint density at radius 3 is 2.67 bits per heavy atom. The first-order valence-corrected chi connectivity index (χ1v) is 7.67. The molecule has 0 heterocycles. The van der Waals surface area contributed by atoms with E-state index in [1.54, 1.807) is 50.4 Å². The summed E-state index contributed by atoms with van der Waals surface area (Å²) in [7, 11) is 1.60. The number of benzene rings is 2. The Kier molecular flexibility index (Phi) is 5.62. The molecule has 0 bridgehead atoms. The lowest BCUT2D eigenvalue weighted by Gasteiger charge is -2.09. The molecule has 1 amide bonds. The van der Waals surface area contributed by atoms with E-state index in [1.165, 1.54) is 0 Å². The van der Waals surface area contributed by atoms with Crippen LogP contribution in [0.25, 0.3) is 6.08 Å². The van der Waals surface area contributed by atoms with Crippen molar-refractivity contribution >= 4 is 29.3 Å². The molecule has 2 aromatic carbocycles. The minimum absolute atomic E-state index is 0.0129. The second kappa shape index (κ2) is 7.67. The van der Waals surface area contributed by atoms with Crippen LogP contribution in [-0.2, 0) is 4.79 Å². The van der Waals surface area contributed by atoms with E-state index < -0.39 is 5.91 Å². The van der Waals surface area contributed by atoms with Gasteiger partial charge in [0.05, 0.1) is 7.11 Å². The first-order chi connectivity index (χ1) is 11.5. The molecule has 0 aliphatic heterocycles. The SMILES string of the molecule is COc1ccc(/C=C(\C#N)C(=O)Nc2cccc(Cl)c2C)cc1C. The van der Waals surface area contributed by atoms with Gasteiger partial charge in [-0.2, -0.15) is 5.26 Å². The van der Waals surface area contributed by atoms with Gasteiger partial charge < -0.3 is 10.1 Å². The number of carbonyl (C=O) groups is 1. The second-order valence-electron chi connectivity index (χ2n) is 5.27. The van der Waals surface area contributed by atoms with E-state index in [9.17, 15) is 10.1 Å². The summed E-state index contributed by atoms with van der Waals surface area (Å²) in [6.07, 6.45) is 1.54. The molecule has 24 heavy (non-hydrogen) atoms. The van der Waals surface area contributed by atoms with E-state index in [-0.39, 0.29) is 5.57 Å². The summed E-state index contributed by atoms with van der Waals surface area (Å²) in [6.45, 7) is 3.71. The summed E-state index contributed by atoms with van der Waals surface area (Å²) in [5.41, 5.74) is 3.03. The molecular weight excluding hydrogens is 324 g/mol. The highest BCUT2D eigenvalue weighted by molar-refractivity contribution is 6.31. The van der Waals surface area contributed by atoms with Gasteiger partial charge in [0.15, 0.2) is 0 Å². The number of rotatable bonds is 4. The normalized spacial score (nSPS) is 10.9. The first kappa shape index (κ1) is 17.6. The molecule has 0 aliphatic rings. The van der Waals surface area contributed by atoms with Gasteiger partial charge >= 0.3 is 0 Å². The number of hydrogen-bond acceptors (Lipinski definition) is 3. The van der Waals surface area contributed by atoms with Crippen LogP contribution in [0.5, 0.6) is 5.75 Å². The molecular formula is C19H17ClN2O2. The number of ether oxygens (including phenoxy) is 1. The van der Waals surface area contributed by atoms with Gasteiger partial charge in [-0.1, -0.05) is 23.7 Å². The fraction of sp³-hybridized carbons (Fsp3) is 0.158. The van der Waals surface area contributed by atoms with Gasteiger partial charge in [-0.15, -0.1) is 0 Å². The summed E-state index contributed by atoms with van der Waals surface area (Å²) in [5.74, 6) is 0.279. The Labute approximate surface area is 146 Å². The van der Waals surface area contributed by atoms with Crippen LogP contribution < -0.4 is 10.1 Å². The van der Waals surface area contributed by atoms with Crippen LogP contribution >= 0.6 is 11.6 Å². The van der Waals surface area contributed by atoms with Crippen molar-refractivity contribution in [3.63, 3.8) is 0 Å². The summed E-state index contributed by atoms with van der Waals surface area (Å²) in [4.78, 5) is 12.3. The highest BCUT2D eigenvalue weighted by atomic mass is 35.5. The average Bonchev–Trinajstić information content (AvgIpc) is 2.57. The first-order valence-electron chi connectivity index (χ1n) is 7.29. The van der Waals surface area contributed by atoms with E-state index in [0.29, 0.717) is 10.7 Å². The van der Waals surface area contributed by atoms with Gasteiger partial charge in [0.2, 0.25) is 0 Å². The van der Waals surface area contributed by atoms with Crippen molar-refractivity contribution in [2.45, 2.75) is 13.8 Å². The van der Waals surface area contributed by atoms with Gasteiger partial charge in [0.25, 0.3) is 5.91 Å². The number of amides is 1. The van der Waals surface area contributed by atoms with Crippen molar-refractivity contribution in [2.24, 2.45) is 0 Å². The molecule has 0 atom stereocenters. The van der Waals surface area contributed by atoms with Gasteiger partial charge in [-0.05, 0) is 60.9 Å². The van der Waals surface area contributed by atoms with E-state index in [4.69, 9.17) is 16.3 Å². The van der Waals surface area contributed by atoms with Gasteiger partial charge in [-0.25, -0.2) is 0 Å². The topological polar surface area (TPSA) is 62.1 Å². The van der Waals surface area contributed by atoms with Crippen LogP contribution in [0.1, 0.15) is 16.7 Å². The molecule has 0 saturated heterocycles. The number of carbonyl (C=O) groups excluding carboxylic acids is 1. The molecule has 4 nitrogen and oxygen atoms in total. The standard InChI is InChI=1S/C19H17ClN2O2/c1-12-9-14(7-8-18(12)24-3)10-15(11-21)19(23)22-17-6-4-5-16(20)13(17)2/h4-10H,1-3H3,(H,22,23)/b15-10+. The fourth-order valence-electron chi connectivity index (χ4n) is 2.24. The van der Waals surface area contributed by atoms with Crippen molar-refractivity contribution < 1.29 is 9.53 Å². The minimum Gasteiger partial charge on any atom is -0.496 e. The predicted molar refractivity (Wildman–Crippen MR) is 96.1 cm³/mol. The lowest BCUT2D eigenvalue weighted by molar-refractivity contribution is -0.112. The Morgan fingerprint density at radius 1 is 1.29 bits per heavy atom. The number of nitriles is 1. The van der Waals surface area contributed by atoms with E-state index in [0.717, 1.165) is 22.4 Å². The van der Waals surface area contributed by atoms with E-state index >= 15 is 0 Å². The van der Waals surface area contributed by atoms with Crippen molar-refractivity contribution in [1.82, 2.24) is 0 Å². The smallest absolute Gasteiger partial charge is 0.266 e. The van der Waals surface area contributed by atoms with Crippen LogP contribution in [-0.4, -0.2) is 13.0 Å². The number of nitrogens with zero attached hydrogens (tertiary/aromatic N) is 1. The third-order valence-corrected chi connectivity index (χ3v) is 4.02. The summed E-state index contributed by atoms with van der Waals surface area (Å²) in [6, 6.07) is 12.6. The number of hydrogen-bond donors (Lipinski definition) is 1. The maximum Gasteiger partial charge on any atom is 0.266 e. The van der Waals surface area contributed by atoms with Crippen LogP contribution in [0.15, 0.2) is 42.0 Å². The van der Waals surface area contributed by atoms with Crippen LogP contribution in [0.3, 0.4) is 0 Å². The fourth-order valence-corrected chi connectivity index (χ4v) is 2.41. The lowest BCUT2D eigenvalue weighted by Crippen LogP contribution is -2.14. The molecule has 0 fully saturated rings. The van der Waals surface area contributed by atoms with Gasteiger partial charge in [-0.3, -0.25) is 4.79 Å². The minimum atomic E-state index is -0.476. The largest absolute Gasteiger partial charge is 0.496 e. The number of methoxy groups -OCH3 is 1. The summed E-state index contributed by atoms with van der Waals surface area (Å²) < 4.78 is 5.20. The Morgan fingerprint density at radius 2 is 2.04 bits per heavy atom. The molecule has 122 valence electrons. The van der Waals surface area contributed by atoms with Crippen molar-refractivity contribution in [2.75, 3.05) is 12.4 Å². The molecule has 5 heteroatoms. The molecule has 1 N–H and O–H groups in total. The highest BCUT2D eigenvalue weighted by Crippen LogP contribution is 2.24. The Bertz CT molecular complexity index is 851. The molecule has 0 unspecified atom stereocenters. The Hall–Kier alpha value is -2.77. The number of aryl methyl sites for hydroxylation is 1. The van der Waals surface area contributed by atoms with Crippen LogP contribution in [0, 0.1) is 25.2 Å².